The lowest BCUT2D eigenvalue weighted by molar-refractivity contribution is -0.117. The van der Waals surface area contributed by atoms with E-state index in [0.29, 0.717) is 11.6 Å². The Morgan fingerprint density at radius 3 is 2.58 bits per heavy atom. The SMILES string of the molecule is O=C(NC1CC(=O)N(c2ccc(Cl)cc2)C1)OCc1ccccc1. The summed E-state index contributed by atoms with van der Waals surface area (Å²) in [6.07, 6.45) is -0.266. The Morgan fingerprint density at radius 2 is 1.88 bits per heavy atom. The number of amides is 2. The van der Waals surface area contributed by atoms with Gasteiger partial charge in [-0.1, -0.05) is 41.9 Å². The first-order valence-corrected chi connectivity index (χ1v) is 8.03. The summed E-state index contributed by atoms with van der Waals surface area (Å²) in [5.74, 6) is -0.0364. The molecule has 1 atom stereocenters. The number of alkyl carbamates (subject to hydrolysis) is 1. The highest BCUT2D eigenvalue weighted by Gasteiger charge is 2.31. The van der Waals surface area contributed by atoms with Gasteiger partial charge in [0.15, 0.2) is 0 Å². The number of nitrogens with one attached hydrogen (secondary N) is 1. The second kappa shape index (κ2) is 7.36. The van der Waals surface area contributed by atoms with Gasteiger partial charge in [0, 0.05) is 23.7 Å². The van der Waals surface area contributed by atoms with Crippen molar-refractivity contribution in [3.63, 3.8) is 0 Å². The van der Waals surface area contributed by atoms with E-state index in [-0.39, 0.29) is 25.0 Å². The molecular weight excluding hydrogens is 328 g/mol. The number of halogens is 1. The van der Waals surface area contributed by atoms with Crippen molar-refractivity contribution in [1.82, 2.24) is 5.32 Å². The van der Waals surface area contributed by atoms with Crippen molar-refractivity contribution in [1.29, 1.82) is 0 Å². The highest BCUT2D eigenvalue weighted by molar-refractivity contribution is 6.30. The Hall–Kier alpha value is -2.53. The van der Waals surface area contributed by atoms with Crippen LogP contribution in [0.1, 0.15) is 12.0 Å². The molecule has 2 aromatic rings. The number of carbonyl (C=O) groups is 2. The maximum atomic E-state index is 12.1. The van der Waals surface area contributed by atoms with Gasteiger partial charge in [-0.25, -0.2) is 4.79 Å². The van der Waals surface area contributed by atoms with Crippen molar-refractivity contribution in [3.05, 3.63) is 65.2 Å². The van der Waals surface area contributed by atoms with Crippen molar-refractivity contribution in [2.24, 2.45) is 0 Å². The summed E-state index contributed by atoms with van der Waals surface area (Å²) in [6, 6.07) is 16.2. The Morgan fingerprint density at radius 1 is 1.17 bits per heavy atom. The van der Waals surface area contributed by atoms with Crippen LogP contribution in [0.25, 0.3) is 0 Å². The molecule has 0 saturated carbocycles. The molecule has 0 spiro atoms. The summed E-state index contributed by atoms with van der Waals surface area (Å²) >= 11 is 5.86. The Kier molecular flexibility index (Phi) is 5.01. The molecular formula is C18H17ClN2O3. The minimum atomic E-state index is -0.519. The van der Waals surface area contributed by atoms with Crippen molar-refractivity contribution in [2.75, 3.05) is 11.4 Å². The van der Waals surface area contributed by atoms with Crippen LogP contribution in [0.4, 0.5) is 10.5 Å². The van der Waals surface area contributed by atoms with Crippen molar-refractivity contribution in [3.8, 4) is 0 Å². The van der Waals surface area contributed by atoms with E-state index in [0.717, 1.165) is 11.3 Å². The predicted octanol–water partition coefficient (Wildman–Crippen LogP) is 3.37. The van der Waals surface area contributed by atoms with Crippen LogP contribution in [0.2, 0.25) is 5.02 Å². The van der Waals surface area contributed by atoms with Crippen LogP contribution in [0, 0.1) is 0 Å². The number of ether oxygens (including phenoxy) is 1. The molecule has 1 fully saturated rings. The fraction of sp³-hybridized carbons (Fsp3) is 0.222. The fourth-order valence-electron chi connectivity index (χ4n) is 2.61. The van der Waals surface area contributed by atoms with Gasteiger partial charge in [-0.15, -0.1) is 0 Å². The molecule has 1 N–H and O–H groups in total. The molecule has 1 unspecified atom stereocenters. The molecule has 2 amide bonds. The van der Waals surface area contributed by atoms with Crippen LogP contribution < -0.4 is 10.2 Å². The third-order valence-corrected chi connectivity index (χ3v) is 4.05. The van der Waals surface area contributed by atoms with Crippen molar-refractivity contribution < 1.29 is 14.3 Å². The molecule has 24 heavy (non-hydrogen) atoms. The van der Waals surface area contributed by atoms with Gasteiger partial charge in [0.05, 0.1) is 6.04 Å². The number of benzene rings is 2. The van der Waals surface area contributed by atoms with E-state index in [1.54, 1.807) is 29.2 Å². The number of carbonyl (C=O) groups excluding carboxylic acids is 2. The first-order valence-electron chi connectivity index (χ1n) is 7.65. The molecule has 0 radical (unpaired) electrons. The minimum Gasteiger partial charge on any atom is -0.445 e. The standard InChI is InChI=1S/C18H17ClN2O3/c19-14-6-8-16(9-7-14)21-11-15(10-17(21)22)20-18(23)24-12-13-4-2-1-3-5-13/h1-9,15H,10-12H2,(H,20,23). The van der Waals surface area contributed by atoms with Gasteiger partial charge < -0.3 is 15.0 Å². The van der Waals surface area contributed by atoms with Gasteiger partial charge in [-0.05, 0) is 29.8 Å². The predicted molar refractivity (Wildman–Crippen MR) is 92.0 cm³/mol. The van der Waals surface area contributed by atoms with Gasteiger partial charge in [0.2, 0.25) is 5.91 Å². The first kappa shape index (κ1) is 16.3. The highest BCUT2D eigenvalue weighted by Crippen LogP contribution is 2.23. The Balaban J connectivity index is 1.52. The normalized spacial score (nSPS) is 17.0. The minimum absolute atomic E-state index is 0.0364. The number of hydrogen-bond donors (Lipinski definition) is 1. The first-order chi connectivity index (χ1) is 11.6. The zero-order valence-corrected chi connectivity index (χ0v) is 13.7. The van der Waals surface area contributed by atoms with Crippen molar-refractivity contribution in [2.45, 2.75) is 19.1 Å². The van der Waals surface area contributed by atoms with Crippen LogP contribution >= 0.6 is 11.6 Å². The van der Waals surface area contributed by atoms with Crippen LogP contribution in [-0.2, 0) is 16.1 Å². The molecule has 1 aliphatic heterocycles. The largest absolute Gasteiger partial charge is 0.445 e. The summed E-state index contributed by atoms with van der Waals surface area (Å²) in [5.41, 5.74) is 1.68. The molecule has 5 nitrogen and oxygen atoms in total. The molecule has 0 bridgehead atoms. The summed E-state index contributed by atoms with van der Waals surface area (Å²) in [6.45, 7) is 0.620. The summed E-state index contributed by atoms with van der Waals surface area (Å²) in [7, 11) is 0. The zero-order valence-electron chi connectivity index (χ0n) is 12.9. The number of hydrogen-bond acceptors (Lipinski definition) is 3. The second-order valence-corrected chi connectivity index (χ2v) is 6.02. The maximum Gasteiger partial charge on any atom is 0.407 e. The van der Waals surface area contributed by atoms with Gasteiger partial charge >= 0.3 is 6.09 Å². The maximum absolute atomic E-state index is 12.1. The molecule has 6 heteroatoms. The van der Waals surface area contributed by atoms with E-state index in [1.807, 2.05) is 30.3 Å². The topological polar surface area (TPSA) is 58.6 Å². The lowest BCUT2D eigenvalue weighted by Crippen LogP contribution is -2.37. The number of rotatable bonds is 4. The van der Waals surface area contributed by atoms with Crippen LogP contribution in [-0.4, -0.2) is 24.6 Å². The lowest BCUT2D eigenvalue weighted by atomic mass is 10.2. The zero-order chi connectivity index (χ0) is 16.9. The molecule has 124 valence electrons. The van der Waals surface area contributed by atoms with E-state index in [2.05, 4.69) is 5.32 Å². The molecule has 2 aromatic carbocycles. The second-order valence-electron chi connectivity index (χ2n) is 5.59. The Bertz CT molecular complexity index is 719. The molecule has 1 heterocycles. The number of nitrogens with zero attached hydrogens (tertiary/aromatic N) is 1. The summed E-state index contributed by atoms with van der Waals surface area (Å²) in [5, 5.41) is 3.36. The molecule has 3 rings (SSSR count). The number of anilines is 1. The highest BCUT2D eigenvalue weighted by atomic mass is 35.5. The van der Waals surface area contributed by atoms with E-state index in [4.69, 9.17) is 16.3 Å². The molecule has 1 aliphatic rings. The van der Waals surface area contributed by atoms with Crippen molar-refractivity contribution >= 4 is 29.3 Å². The monoisotopic (exact) mass is 344 g/mol. The fourth-order valence-corrected chi connectivity index (χ4v) is 2.73. The third-order valence-electron chi connectivity index (χ3n) is 3.80. The third kappa shape index (κ3) is 4.06. The average Bonchev–Trinajstić information content (AvgIpc) is 2.95. The quantitative estimate of drug-likeness (QED) is 0.925. The van der Waals surface area contributed by atoms with E-state index in [1.165, 1.54) is 0 Å². The van der Waals surface area contributed by atoms with Crippen LogP contribution in [0.5, 0.6) is 0 Å². The van der Waals surface area contributed by atoms with Crippen LogP contribution in [0.3, 0.4) is 0 Å². The molecule has 0 aromatic heterocycles. The summed E-state index contributed by atoms with van der Waals surface area (Å²) in [4.78, 5) is 25.7. The summed E-state index contributed by atoms with van der Waals surface area (Å²) < 4.78 is 5.18. The van der Waals surface area contributed by atoms with E-state index >= 15 is 0 Å². The van der Waals surface area contributed by atoms with Gasteiger partial charge in [0.25, 0.3) is 0 Å². The van der Waals surface area contributed by atoms with E-state index < -0.39 is 6.09 Å². The molecule has 0 aliphatic carbocycles. The van der Waals surface area contributed by atoms with E-state index in [9.17, 15) is 9.59 Å². The van der Waals surface area contributed by atoms with Crippen LogP contribution in [0.15, 0.2) is 54.6 Å². The lowest BCUT2D eigenvalue weighted by Gasteiger charge is -2.17. The average molecular weight is 345 g/mol. The van der Waals surface area contributed by atoms with Gasteiger partial charge in [-0.3, -0.25) is 4.79 Å². The molecule has 1 saturated heterocycles. The van der Waals surface area contributed by atoms with Gasteiger partial charge in [-0.2, -0.15) is 0 Å². The Labute approximate surface area is 145 Å². The van der Waals surface area contributed by atoms with Gasteiger partial charge in [0.1, 0.15) is 6.61 Å². The smallest absolute Gasteiger partial charge is 0.407 e.